The predicted molar refractivity (Wildman–Crippen MR) is 63.9 cm³/mol. The molecule has 0 radical (unpaired) electrons. The maximum atomic E-state index is 11.7. The summed E-state index contributed by atoms with van der Waals surface area (Å²) in [7, 11) is -3.39. The first-order valence-corrected chi connectivity index (χ1v) is 6.71. The van der Waals surface area contributed by atoms with Crippen LogP contribution in [0.15, 0.2) is 36.7 Å². The second-order valence-electron chi connectivity index (χ2n) is 3.49. The quantitative estimate of drug-likeness (QED) is 0.823. The van der Waals surface area contributed by atoms with Crippen LogP contribution in [-0.2, 0) is 16.4 Å². The van der Waals surface area contributed by atoms with Gasteiger partial charge in [0.2, 0.25) is 16.0 Å². The number of aryl methyl sites for hydroxylation is 1. The summed E-state index contributed by atoms with van der Waals surface area (Å²) >= 11 is 0. The molecule has 2 N–H and O–H groups in total. The molecule has 0 aliphatic rings. The van der Waals surface area contributed by atoms with Crippen molar-refractivity contribution in [2.45, 2.75) is 6.42 Å². The maximum Gasteiger partial charge on any atom is 0.235 e. The molecule has 0 spiro atoms. The van der Waals surface area contributed by atoms with E-state index < -0.39 is 10.0 Å². The molecule has 90 valence electrons. The predicted octanol–water partition coefficient (Wildman–Crippen LogP) is 0.789. The van der Waals surface area contributed by atoms with Crippen LogP contribution in [0, 0.1) is 0 Å². The molecule has 6 nitrogen and oxygen atoms in total. The molecule has 2 rings (SSSR count). The van der Waals surface area contributed by atoms with E-state index in [4.69, 9.17) is 0 Å². The summed E-state index contributed by atoms with van der Waals surface area (Å²) in [5.41, 5.74) is 0.982. The smallest absolute Gasteiger partial charge is 0.235 e. The molecule has 0 saturated heterocycles. The molecule has 1 aromatic heterocycles. The monoisotopic (exact) mass is 252 g/mol. The van der Waals surface area contributed by atoms with Crippen molar-refractivity contribution in [2.24, 2.45) is 0 Å². The number of hydrogen-bond acceptors (Lipinski definition) is 4. The van der Waals surface area contributed by atoms with Crippen molar-refractivity contribution < 1.29 is 8.42 Å². The van der Waals surface area contributed by atoms with Crippen LogP contribution >= 0.6 is 0 Å². The van der Waals surface area contributed by atoms with E-state index in [1.165, 1.54) is 6.33 Å². The van der Waals surface area contributed by atoms with Gasteiger partial charge in [-0.3, -0.25) is 4.72 Å². The second-order valence-corrected chi connectivity index (χ2v) is 5.33. The van der Waals surface area contributed by atoms with E-state index in [1.54, 1.807) is 0 Å². The van der Waals surface area contributed by atoms with Gasteiger partial charge in [-0.15, -0.1) is 0 Å². The molecule has 0 bridgehead atoms. The van der Waals surface area contributed by atoms with Crippen molar-refractivity contribution in [1.82, 2.24) is 15.2 Å². The van der Waals surface area contributed by atoms with Crippen molar-refractivity contribution in [3.05, 3.63) is 42.2 Å². The van der Waals surface area contributed by atoms with E-state index in [-0.39, 0.29) is 11.7 Å². The average Bonchev–Trinajstić information content (AvgIpc) is 2.80. The van der Waals surface area contributed by atoms with E-state index in [9.17, 15) is 8.42 Å². The maximum absolute atomic E-state index is 11.7. The van der Waals surface area contributed by atoms with Gasteiger partial charge in [0.1, 0.15) is 6.33 Å². The first kappa shape index (κ1) is 11.6. The van der Waals surface area contributed by atoms with Crippen molar-refractivity contribution in [1.29, 1.82) is 0 Å². The zero-order valence-electron chi connectivity index (χ0n) is 9.00. The molecule has 0 unspecified atom stereocenters. The summed E-state index contributed by atoms with van der Waals surface area (Å²) in [5, 5.41) is 6.00. The number of aromatic nitrogens is 3. The molecule has 0 aliphatic carbocycles. The minimum Gasteiger partial charge on any atom is -0.252 e. The van der Waals surface area contributed by atoms with Gasteiger partial charge in [0.05, 0.1) is 5.75 Å². The topological polar surface area (TPSA) is 87.7 Å². The standard InChI is InChI=1S/C10H12N4O2S/c15-17(16,14-10-11-8-12-13-10)7-6-9-4-2-1-3-5-9/h1-5,8H,6-7H2,(H2,11,12,13,14). The number of H-pyrrole nitrogens is 1. The number of nitrogens with one attached hydrogen (secondary N) is 2. The summed E-state index contributed by atoms with van der Waals surface area (Å²) in [6, 6.07) is 9.44. The molecule has 1 aromatic carbocycles. The number of benzene rings is 1. The molecule has 1 heterocycles. The minimum atomic E-state index is -3.39. The highest BCUT2D eigenvalue weighted by molar-refractivity contribution is 7.92. The number of nitrogens with zero attached hydrogens (tertiary/aromatic N) is 2. The first-order chi connectivity index (χ1) is 8.16. The van der Waals surface area contributed by atoms with Crippen LogP contribution in [-0.4, -0.2) is 29.4 Å². The Kier molecular flexibility index (Phi) is 3.38. The molecular formula is C10H12N4O2S. The van der Waals surface area contributed by atoms with Gasteiger partial charge in [-0.25, -0.2) is 13.5 Å². The van der Waals surface area contributed by atoms with Gasteiger partial charge in [-0.2, -0.15) is 10.1 Å². The van der Waals surface area contributed by atoms with Crippen LogP contribution in [0.1, 0.15) is 5.56 Å². The van der Waals surface area contributed by atoms with Crippen LogP contribution in [0.3, 0.4) is 0 Å². The molecule has 17 heavy (non-hydrogen) atoms. The average molecular weight is 252 g/mol. The molecule has 0 aliphatic heterocycles. The van der Waals surface area contributed by atoms with E-state index >= 15 is 0 Å². The Bertz CT molecular complexity index is 551. The lowest BCUT2D eigenvalue weighted by molar-refractivity contribution is 0.600. The van der Waals surface area contributed by atoms with Crippen molar-refractivity contribution in [3.63, 3.8) is 0 Å². The lowest BCUT2D eigenvalue weighted by Gasteiger charge is -2.04. The molecular weight excluding hydrogens is 240 g/mol. The molecule has 0 atom stereocenters. The Balaban J connectivity index is 1.94. The van der Waals surface area contributed by atoms with E-state index in [0.29, 0.717) is 6.42 Å². The highest BCUT2D eigenvalue weighted by Gasteiger charge is 2.11. The highest BCUT2D eigenvalue weighted by atomic mass is 32.2. The highest BCUT2D eigenvalue weighted by Crippen LogP contribution is 2.04. The first-order valence-electron chi connectivity index (χ1n) is 5.05. The van der Waals surface area contributed by atoms with Gasteiger partial charge < -0.3 is 0 Å². The summed E-state index contributed by atoms with van der Waals surface area (Å²) in [6.07, 6.45) is 1.71. The second kappa shape index (κ2) is 4.96. The van der Waals surface area contributed by atoms with E-state index in [2.05, 4.69) is 19.9 Å². The van der Waals surface area contributed by atoms with Crippen molar-refractivity contribution in [3.8, 4) is 0 Å². The Hall–Kier alpha value is -1.89. The zero-order valence-corrected chi connectivity index (χ0v) is 9.81. The van der Waals surface area contributed by atoms with Gasteiger partial charge >= 0.3 is 0 Å². The van der Waals surface area contributed by atoms with Crippen molar-refractivity contribution in [2.75, 3.05) is 10.5 Å². The number of rotatable bonds is 5. The van der Waals surface area contributed by atoms with Crippen LogP contribution in [0.4, 0.5) is 5.95 Å². The fourth-order valence-electron chi connectivity index (χ4n) is 1.35. The zero-order chi connectivity index (χ0) is 12.1. The SMILES string of the molecule is O=S(=O)(CCc1ccccc1)Nc1ncn[nH]1. The molecule has 7 heteroatoms. The number of aromatic amines is 1. The van der Waals surface area contributed by atoms with Crippen molar-refractivity contribution >= 4 is 16.0 Å². The lowest BCUT2D eigenvalue weighted by atomic mass is 10.2. The van der Waals surface area contributed by atoms with Gasteiger partial charge in [0.25, 0.3) is 0 Å². The third-order valence-corrected chi connectivity index (χ3v) is 3.42. The Labute approximate surface area is 99.1 Å². The Morgan fingerprint density at radius 2 is 2.00 bits per heavy atom. The summed E-state index contributed by atoms with van der Waals surface area (Å²) < 4.78 is 25.7. The van der Waals surface area contributed by atoms with Gasteiger partial charge in [0.15, 0.2) is 0 Å². The third-order valence-electron chi connectivity index (χ3n) is 2.17. The Morgan fingerprint density at radius 3 is 2.65 bits per heavy atom. The van der Waals surface area contributed by atoms with Gasteiger partial charge in [-0.1, -0.05) is 30.3 Å². The fraction of sp³-hybridized carbons (Fsp3) is 0.200. The Morgan fingerprint density at radius 1 is 1.24 bits per heavy atom. The molecule has 0 saturated carbocycles. The van der Waals surface area contributed by atoms with E-state index in [0.717, 1.165) is 5.56 Å². The number of anilines is 1. The fourth-order valence-corrected chi connectivity index (χ4v) is 2.35. The molecule has 0 amide bonds. The van der Waals surface area contributed by atoms with Gasteiger partial charge in [0, 0.05) is 0 Å². The van der Waals surface area contributed by atoms with Crippen LogP contribution in [0.5, 0.6) is 0 Å². The number of sulfonamides is 1. The molecule has 2 aromatic rings. The number of hydrogen-bond donors (Lipinski definition) is 2. The lowest BCUT2D eigenvalue weighted by Crippen LogP contribution is -2.19. The van der Waals surface area contributed by atoms with E-state index in [1.807, 2.05) is 30.3 Å². The summed E-state index contributed by atoms with van der Waals surface area (Å²) in [5.74, 6) is 0.149. The largest absolute Gasteiger partial charge is 0.252 e. The van der Waals surface area contributed by atoms with Crippen LogP contribution in [0.2, 0.25) is 0 Å². The minimum absolute atomic E-state index is 0.0116. The van der Waals surface area contributed by atoms with Crippen LogP contribution in [0.25, 0.3) is 0 Å². The van der Waals surface area contributed by atoms with Crippen LogP contribution < -0.4 is 4.72 Å². The molecule has 0 fully saturated rings. The van der Waals surface area contributed by atoms with Gasteiger partial charge in [-0.05, 0) is 12.0 Å². The summed E-state index contributed by atoms with van der Waals surface area (Å²) in [4.78, 5) is 3.70. The third kappa shape index (κ3) is 3.56. The summed E-state index contributed by atoms with van der Waals surface area (Å²) in [6.45, 7) is 0. The normalized spacial score (nSPS) is 11.3.